The largest absolute Gasteiger partial charge is 0.469 e. The minimum atomic E-state index is -3.64. The van der Waals surface area contributed by atoms with E-state index in [2.05, 4.69) is 9.46 Å². The molecule has 2 aromatic carbocycles. The standard InChI is InChI=1S/C17H16Cl2N2O7S/c1-27-17(22)13(9-20-29(2,25)26)12-5-4-11(8-15(12)21(23)24)28-16-6-3-10(18)7-14(16)19/h3-8,13,20H,9H2,1-2H3. The predicted octanol–water partition coefficient (Wildman–Crippen LogP) is 3.50. The van der Waals surface area contributed by atoms with Gasteiger partial charge in [0.1, 0.15) is 17.4 Å². The molecule has 0 radical (unpaired) electrons. The van der Waals surface area contributed by atoms with Crippen molar-refractivity contribution in [3.8, 4) is 11.5 Å². The first-order valence-corrected chi connectivity index (χ1v) is 10.6. The van der Waals surface area contributed by atoms with E-state index < -0.39 is 39.1 Å². The summed E-state index contributed by atoms with van der Waals surface area (Å²) < 4.78 is 35.1. The van der Waals surface area contributed by atoms with Gasteiger partial charge in [0.05, 0.1) is 29.4 Å². The third kappa shape index (κ3) is 6.29. The number of methoxy groups -OCH3 is 1. The molecule has 0 aliphatic carbocycles. The van der Waals surface area contributed by atoms with Gasteiger partial charge in [-0.3, -0.25) is 14.9 Å². The number of sulfonamides is 1. The summed E-state index contributed by atoms with van der Waals surface area (Å²) in [4.78, 5) is 23.0. The summed E-state index contributed by atoms with van der Waals surface area (Å²) in [5.74, 6) is -1.76. The number of halogens is 2. The van der Waals surface area contributed by atoms with Crippen LogP contribution in [0.2, 0.25) is 10.0 Å². The van der Waals surface area contributed by atoms with E-state index in [1.54, 1.807) is 0 Å². The van der Waals surface area contributed by atoms with Crippen molar-refractivity contribution in [2.24, 2.45) is 0 Å². The fourth-order valence-corrected chi connectivity index (χ4v) is 3.34. The van der Waals surface area contributed by atoms with E-state index >= 15 is 0 Å². The molecular weight excluding hydrogens is 447 g/mol. The average Bonchev–Trinajstić information content (AvgIpc) is 2.63. The molecule has 156 valence electrons. The maximum absolute atomic E-state index is 12.1. The highest BCUT2D eigenvalue weighted by molar-refractivity contribution is 7.88. The SMILES string of the molecule is COC(=O)C(CNS(C)(=O)=O)c1ccc(Oc2ccc(Cl)cc2Cl)cc1[N+](=O)[O-]. The van der Waals surface area contributed by atoms with Crippen LogP contribution >= 0.6 is 23.2 Å². The Bertz CT molecular complexity index is 1040. The van der Waals surface area contributed by atoms with Gasteiger partial charge in [-0.1, -0.05) is 23.2 Å². The van der Waals surface area contributed by atoms with Crippen molar-refractivity contribution in [3.05, 3.63) is 62.1 Å². The molecule has 9 nitrogen and oxygen atoms in total. The summed E-state index contributed by atoms with van der Waals surface area (Å²) in [6, 6.07) is 8.28. The van der Waals surface area contributed by atoms with Crippen molar-refractivity contribution >= 4 is 44.9 Å². The molecule has 0 saturated heterocycles. The number of benzene rings is 2. The lowest BCUT2D eigenvalue weighted by Gasteiger charge is -2.16. The van der Waals surface area contributed by atoms with Gasteiger partial charge in [-0.15, -0.1) is 0 Å². The maximum Gasteiger partial charge on any atom is 0.314 e. The second kappa shape index (κ2) is 9.40. The zero-order valence-electron chi connectivity index (χ0n) is 15.2. The van der Waals surface area contributed by atoms with Crippen LogP contribution < -0.4 is 9.46 Å². The number of carbonyl (C=O) groups excluding carboxylic acids is 1. The molecule has 0 spiro atoms. The molecule has 2 rings (SSSR count). The van der Waals surface area contributed by atoms with Crippen molar-refractivity contribution in [1.29, 1.82) is 0 Å². The third-order valence-electron chi connectivity index (χ3n) is 3.73. The monoisotopic (exact) mass is 462 g/mol. The minimum Gasteiger partial charge on any atom is -0.469 e. The van der Waals surface area contributed by atoms with Crippen molar-refractivity contribution in [2.75, 3.05) is 19.9 Å². The van der Waals surface area contributed by atoms with Gasteiger partial charge in [0.2, 0.25) is 10.0 Å². The molecule has 0 aliphatic heterocycles. The Hall–Kier alpha value is -2.40. The fraction of sp³-hybridized carbons (Fsp3) is 0.235. The molecule has 0 aliphatic rings. The lowest BCUT2D eigenvalue weighted by molar-refractivity contribution is -0.385. The number of carbonyl (C=O) groups is 1. The first kappa shape index (κ1) is 22.9. The third-order valence-corrected chi connectivity index (χ3v) is 4.95. The Balaban J connectivity index is 2.43. The van der Waals surface area contributed by atoms with Gasteiger partial charge in [-0.2, -0.15) is 0 Å². The molecule has 0 fully saturated rings. The van der Waals surface area contributed by atoms with E-state index in [4.69, 9.17) is 27.9 Å². The molecule has 0 aromatic heterocycles. The van der Waals surface area contributed by atoms with E-state index in [0.29, 0.717) is 5.02 Å². The van der Waals surface area contributed by atoms with Gasteiger partial charge < -0.3 is 9.47 Å². The van der Waals surface area contributed by atoms with Gasteiger partial charge >= 0.3 is 5.97 Å². The molecule has 0 heterocycles. The predicted molar refractivity (Wildman–Crippen MR) is 107 cm³/mol. The van der Waals surface area contributed by atoms with Crippen LogP contribution in [0.25, 0.3) is 0 Å². The molecule has 1 atom stereocenters. The van der Waals surface area contributed by atoms with Crippen LogP contribution in [0, 0.1) is 10.1 Å². The number of nitrogens with one attached hydrogen (secondary N) is 1. The first-order chi connectivity index (χ1) is 13.5. The van der Waals surface area contributed by atoms with E-state index in [0.717, 1.165) is 19.4 Å². The van der Waals surface area contributed by atoms with Gasteiger partial charge in [0, 0.05) is 17.1 Å². The summed E-state index contributed by atoms with van der Waals surface area (Å²) in [7, 11) is -2.54. The second-order valence-electron chi connectivity index (χ2n) is 5.85. The Morgan fingerprint density at radius 1 is 1.24 bits per heavy atom. The number of hydrogen-bond acceptors (Lipinski definition) is 7. The summed E-state index contributed by atoms with van der Waals surface area (Å²) >= 11 is 11.9. The molecule has 0 saturated carbocycles. The van der Waals surface area contributed by atoms with Gasteiger partial charge in [0.15, 0.2) is 0 Å². The number of nitro groups is 1. The molecule has 0 amide bonds. The Labute approximate surface area is 176 Å². The van der Waals surface area contributed by atoms with E-state index in [9.17, 15) is 23.3 Å². The van der Waals surface area contributed by atoms with Crippen molar-refractivity contribution in [1.82, 2.24) is 4.72 Å². The average molecular weight is 463 g/mol. The fourth-order valence-electron chi connectivity index (χ4n) is 2.42. The molecule has 1 unspecified atom stereocenters. The summed E-state index contributed by atoms with van der Waals surface area (Å²) in [5.41, 5.74) is -0.481. The van der Waals surface area contributed by atoms with Gasteiger partial charge in [-0.25, -0.2) is 13.1 Å². The van der Waals surface area contributed by atoms with Crippen LogP contribution in [-0.2, 0) is 19.6 Å². The number of ether oxygens (including phenoxy) is 2. The van der Waals surface area contributed by atoms with Crippen LogP contribution in [0.15, 0.2) is 36.4 Å². The molecule has 0 bridgehead atoms. The van der Waals surface area contributed by atoms with E-state index in [-0.39, 0.29) is 22.1 Å². The number of nitro benzene ring substituents is 1. The van der Waals surface area contributed by atoms with E-state index in [1.165, 1.54) is 30.3 Å². The smallest absolute Gasteiger partial charge is 0.314 e. The van der Waals surface area contributed by atoms with Gasteiger partial charge in [-0.05, 0) is 30.3 Å². The normalized spacial score (nSPS) is 12.3. The summed E-state index contributed by atoms with van der Waals surface area (Å²) in [5, 5.41) is 12.2. The van der Waals surface area contributed by atoms with Crippen LogP contribution in [0.3, 0.4) is 0 Å². The van der Waals surface area contributed by atoms with Crippen LogP contribution in [0.4, 0.5) is 5.69 Å². The van der Waals surface area contributed by atoms with E-state index in [1.807, 2.05) is 0 Å². The highest BCUT2D eigenvalue weighted by Crippen LogP contribution is 2.36. The Morgan fingerprint density at radius 2 is 1.93 bits per heavy atom. The van der Waals surface area contributed by atoms with Crippen LogP contribution in [-0.4, -0.2) is 39.2 Å². The Kier molecular flexibility index (Phi) is 7.42. The quantitative estimate of drug-likeness (QED) is 0.361. The zero-order valence-corrected chi connectivity index (χ0v) is 17.5. The van der Waals surface area contributed by atoms with Crippen molar-refractivity contribution in [3.63, 3.8) is 0 Å². The maximum atomic E-state index is 12.1. The summed E-state index contributed by atoms with van der Waals surface area (Å²) in [6.07, 6.45) is 0.905. The highest BCUT2D eigenvalue weighted by atomic mass is 35.5. The molecule has 12 heteroatoms. The molecule has 2 aromatic rings. The van der Waals surface area contributed by atoms with Crippen molar-refractivity contribution in [2.45, 2.75) is 5.92 Å². The number of esters is 1. The van der Waals surface area contributed by atoms with Crippen molar-refractivity contribution < 1.29 is 27.6 Å². The molecule has 29 heavy (non-hydrogen) atoms. The molecular formula is C17H16Cl2N2O7S. The number of hydrogen-bond donors (Lipinski definition) is 1. The Morgan fingerprint density at radius 3 is 2.48 bits per heavy atom. The lowest BCUT2D eigenvalue weighted by atomic mass is 9.97. The second-order valence-corrected chi connectivity index (χ2v) is 8.53. The van der Waals surface area contributed by atoms with Gasteiger partial charge in [0.25, 0.3) is 5.69 Å². The summed E-state index contributed by atoms with van der Waals surface area (Å²) in [6.45, 7) is -0.407. The number of nitrogens with zero attached hydrogens (tertiary/aromatic N) is 1. The minimum absolute atomic E-state index is 0.0347. The zero-order chi connectivity index (χ0) is 21.8. The lowest BCUT2D eigenvalue weighted by Crippen LogP contribution is -2.31. The van der Waals surface area contributed by atoms with Crippen LogP contribution in [0.1, 0.15) is 11.5 Å². The topological polar surface area (TPSA) is 125 Å². The first-order valence-electron chi connectivity index (χ1n) is 7.95. The number of rotatable bonds is 8. The van der Waals surface area contributed by atoms with Crippen LogP contribution in [0.5, 0.6) is 11.5 Å². The molecule has 1 N–H and O–H groups in total. The highest BCUT2D eigenvalue weighted by Gasteiger charge is 2.30.